The van der Waals surface area contributed by atoms with Crippen LogP contribution in [0.25, 0.3) is 11.1 Å². The molecule has 5 nitrogen and oxygen atoms in total. The number of hydrogen-bond acceptors (Lipinski definition) is 4. The minimum atomic E-state index is -0.352. The molecule has 3 amide bonds. The number of carbonyl (C=O) groups is 3. The smallest absolute Gasteiger partial charge is 0.286 e. The third-order valence-electron chi connectivity index (χ3n) is 5.62. The molecule has 0 aliphatic carbocycles. The van der Waals surface area contributed by atoms with E-state index in [-0.39, 0.29) is 22.3 Å². The summed E-state index contributed by atoms with van der Waals surface area (Å²) in [4.78, 5) is 35.2. The Morgan fingerprint density at radius 3 is 2.30 bits per heavy atom. The number of rotatable bonds is 9. The highest BCUT2D eigenvalue weighted by Crippen LogP contribution is 2.25. The molecule has 0 radical (unpaired) electrons. The Balaban J connectivity index is 1.27. The van der Waals surface area contributed by atoms with E-state index < -0.39 is 0 Å². The van der Waals surface area contributed by atoms with Gasteiger partial charge in [-0.1, -0.05) is 90.6 Å². The van der Waals surface area contributed by atoms with Crippen molar-refractivity contribution in [2.24, 2.45) is 0 Å². The molecule has 1 unspecified atom stereocenters. The van der Waals surface area contributed by atoms with Crippen LogP contribution in [0.3, 0.4) is 0 Å². The van der Waals surface area contributed by atoms with Gasteiger partial charge in [0.2, 0.25) is 11.8 Å². The SMILES string of the molecule is O=C(CCc1ccccc1)NCCc1cccc(-c2ccc(CC3SC(=O)NC3=O)cc2)c1. The number of nitrogens with one attached hydrogen (secondary N) is 2. The molecular formula is C27H26N2O3S. The first-order valence-corrected chi connectivity index (χ1v) is 11.9. The summed E-state index contributed by atoms with van der Waals surface area (Å²) in [7, 11) is 0. The Hall–Kier alpha value is -3.38. The lowest BCUT2D eigenvalue weighted by molar-refractivity contribution is -0.121. The van der Waals surface area contributed by atoms with Crippen molar-refractivity contribution < 1.29 is 14.4 Å². The molecule has 0 saturated carbocycles. The molecule has 0 bridgehead atoms. The van der Waals surface area contributed by atoms with E-state index >= 15 is 0 Å². The van der Waals surface area contributed by atoms with Gasteiger partial charge in [-0.05, 0) is 47.1 Å². The molecule has 0 aromatic heterocycles. The zero-order valence-electron chi connectivity index (χ0n) is 18.3. The van der Waals surface area contributed by atoms with Crippen molar-refractivity contribution in [2.45, 2.75) is 30.9 Å². The molecule has 0 spiro atoms. The first-order valence-electron chi connectivity index (χ1n) is 11.1. The Morgan fingerprint density at radius 1 is 0.818 bits per heavy atom. The molecule has 4 rings (SSSR count). The van der Waals surface area contributed by atoms with Crippen LogP contribution in [0.1, 0.15) is 23.1 Å². The van der Waals surface area contributed by atoms with Gasteiger partial charge in [-0.15, -0.1) is 0 Å². The van der Waals surface area contributed by atoms with Crippen LogP contribution >= 0.6 is 11.8 Å². The van der Waals surface area contributed by atoms with E-state index in [0.717, 1.165) is 46.9 Å². The molecule has 1 fully saturated rings. The fourth-order valence-corrected chi connectivity index (χ4v) is 4.68. The largest absolute Gasteiger partial charge is 0.356 e. The highest BCUT2D eigenvalue weighted by atomic mass is 32.2. The van der Waals surface area contributed by atoms with Crippen LogP contribution in [0.5, 0.6) is 0 Å². The number of imide groups is 1. The Kier molecular flexibility index (Phi) is 7.58. The number of benzene rings is 3. The van der Waals surface area contributed by atoms with Crippen molar-refractivity contribution in [1.82, 2.24) is 10.6 Å². The molecule has 3 aromatic rings. The molecule has 168 valence electrons. The number of carbonyl (C=O) groups excluding carboxylic acids is 3. The maximum absolute atomic E-state index is 12.1. The average molecular weight is 459 g/mol. The molecular weight excluding hydrogens is 432 g/mol. The highest BCUT2D eigenvalue weighted by Gasteiger charge is 2.31. The lowest BCUT2D eigenvalue weighted by Crippen LogP contribution is -2.25. The summed E-state index contributed by atoms with van der Waals surface area (Å²) in [6, 6.07) is 26.4. The van der Waals surface area contributed by atoms with E-state index in [9.17, 15) is 14.4 Å². The summed E-state index contributed by atoms with van der Waals surface area (Å²) in [5.41, 5.74) is 5.56. The van der Waals surface area contributed by atoms with Crippen LogP contribution in [-0.2, 0) is 28.9 Å². The first kappa shape index (κ1) is 22.8. The van der Waals surface area contributed by atoms with Gasteiger partial charge in [-0.2, -0.15) is 0 Å². The fraction of sp³-hybridized carbons (Fsp3) is 0.222. The van der Waals surface area contributed by atoms with E-state index in [4.69, 9.17) is 0 Å². The third-order valence-corrected chi connectivity index (χ3v) is 6.60. The van der Waals surface area contributed by atoms with Crippen molar-refractivity contribution in [2.75, 3.05) is 6.54 Å². The van der Waals surface area contributed by atoms with Gasteiger partial charge in [-0.3, -0.25) is 19.7 Å². The van der Waals surface area contributed by atoms with Gasteiger partial charge in [0.15, 0.2) is 0 Å². The van der Waals surface area contributed by atoms with Gasteiger partial charge in [-0.25, -0.2) is 0 Å². The van der Waals surface area contributed by atoms with E-state index in [0.29, 0.717) is 19.4 Å². The predicted molar refractivity (Wildman–Crippen MR) is 132 cm³/mol. The van der Waals surface area contributed by atoms with E-state index in [1.165, 1.54) is 5.56 Å². The van der Waals surface area contributed by atoms with Crippen LogP contribution in [0.4, 0.5) is 4.79 Å². The van der Waals surface area contributed by atoms with Gasteiger partial charge >= 0.3 is 0 Å². The first-order chi connectivity index (χ1) is 16.1. The number of hydrogen-bond donors (Lipinski definition) is 2. The summed E-state index contributed by atoms with van der Waals surface area (Å²) >= 11 is 1.05. The van der Waals surface area contributed by atoms with Crippen molar-refractivity contribution in [3.63, 3.8) is 0 Å². The Morgan fingerprint density at radius 2 is 1.58 bits per heavy atom. The second-order valence-corrected chi connectivity index (χ2v) is 9.25. The zero-order chi connectivity index (χ0) is 23.0. The fourth-order valence-electron chi connectivity index (χ4n) is 3.82. The second-order valence-electron chi connectivity index (χ2n) is 8.07. The molecule has 1 aliphatic rings. The van der Waals surface area contributed by atoms with Gasteiger partial charge in [0, 0.05) is 13.0 Å². The normalized spacial score (nSPS) is 15.3. The summed E-state index contributed by atoms with van der Waals surface area (Å²) in [5, 5.41) is 4.71. The summed E-state index contributed by atoms with van der Waals surface area (Å²) < 4.78 is 0. The van der Waals surface area contributed by atoms with Crippen molar-refractivity contribution >= 4 is 28.8 Å². The van der Waals surface area contributed by atoms with Crippen LogP contribution in [0.15, 0.2) is 78.9 Å². The molecule has 3 aromatic carbocycles. The molecule has 1 saturated heterocycles. The van der Waals surface area contributed by atoms with E-state index in [1.807, 2.05) is 60.7 Å². The number of thioether (sulfide) groups is 1. The van der Waals surface area contributed by atoms with Gasteiger partial charge in [0.05, 0.1) is 5.25 Å². The summed E-state index contributed by atoms with van der Waals surface area (Å²) in [6.07, 6.45) is 2.54. The van der Waals surface area contributed by atoms with Crippen LogP contribution < -0.4 is 10.6 Å². The second kappa shape index (κ2) is 11.0. The van der Waals surface area contributed by atoms with Gasteiger partial charge in [0.25, 0.3) is 5.24 Å². The predicted octanol–water partition coefficient (Wildman–Crippen LogP) is 4.54. The summed E-state index contributed by atoms with van der Waals surface area (Å²) in [6.45, 7) is 0.607. The van der Waals surface area contributed by atoms with Gasteiger partial charge in [0.1, 0.15) is 0 Å². The molecule has 1 aliphatic heterocycles. The summed E-state index contributed by atoms with van der Waals surface area (Å²) in [5.74, 6) is -0.143. The quantitative estimate of drug-likeness (QED) is 0.494. The highest BCUT2D eigenvalue weighted by molar-refractivity contribution is 8.15. The zero-order valence-corrected chi connectivity index (χ0v) is 19.1. The van der Waals surface area contributed by atoms with Crippen LogP contribution in [-0.4, -0.2) is 28.8 Å². The molecule has 1 heterocycles. The lowest BCUT2D eigenvalue weighted by atomic mass is 9.99. The lowest BCUT2D eigenvalue weighted by Gasteiger charge is -2.09. The molecule has 33 heavy (non-hydrogen) atoms. The molecule has 6 heteroatoms. The van der Waals surface area contributed by atoms with Crippen molar-refractivity contribution in [3.05, 3.63) is 95.6 Å². The van der Waals surface area contributed by atoms with E-state index in [1.54, 1.807) is 0 Å². The molecule has 1 atom stereocenters. The van der Waals surface area contributed by atoms with Crippen LogP contribution in [0.2, 0.25) is 0 Å². The minimum Gasteiger partial charge on any atom is -0.356 e. The molecule has 2 N–H and O–H groups in total. The van der Waals surface area contributed by atoms with Crippen LogP contribution in [0, 0.1) is 0 Å². The minimum absolute atomic E-state index is 0.0707. The third kappa shape index (κ3) is 6.56. The number of amides is 3. The Labute approximate surface area is 198 Å². The maximum atomic E-state index is 12.1. The number of aryl methyl sites for hydroxylation is 1. The topological polar surface area (TPSA) is 75.3 Å². The van der Waals surface area contributed by atoms with Gasteiger partial charge < -0.3 is 5.32 Å². The van der Waals surface area contributed by atoms with Crippen molar-refractivity contribution in [1.29, 1.82) is 0 Å². The van der Waals surface area contributed by atoms with Crippen molar-refractivity contribution in [3.8, 4) is 11.1 Å². The Bertz CT molecular complexity index is 1130. The average Bonchev–Trinajstić information content (AvgIpc) is 3.15. The monoisotopic (exact) mass is 458 g/mol. The van der Waals surface area contributed by atoms with E-state index in [2.05, 4.69) is 28.8 Å². The maximum Gasteiger partial charge on any atom is 0.286 e. The standard InChI is InChI=1S/C27H26N2O3S/c30-25(14-11-19-5-2-1-3-6-19)28-16-15-20-7-4-8-23(17-20)22-12-9-21(10-13-22)18-24-26(31)29-27(32)33-24/h1-10,12-13,17,24H,11,14-16,18H2,(H,28,30)(H,29,31,32).